The van der Waals surface area contributed by atoms with Crippen LogP contribution in [-0.4, -0.2) is 23.8 Å². The molecule has 2 nitrogen and oxygen atoms in total. The van der Waals surface area contributed by atoms with Gasteiger partial charge in [-0.2, -0.15) is 0 Å². The van der Waals surface area contributed by atoms with Crippen LogP contribution in [0.4, 0.5) is 0 Å². The van der Waals surface area contributed by atoms with E-state index in [9.17, 15) is 5.11 Å². The maximum absolute atomic E-state index is 10.4. The van der Waals surface area contributed by atoms with Gasteiger partial charge in [0.1, 0.15) is 0 Å². The number of aliphatic hydroxyl groups is 1. The molecule has 0 bridgehead atoms. The molecular formula is C14H27NO. The van der Waals surface area contributed by atoms with Gasteiger partial charge in [0.2, 0.25) is 0 Å². The van der Waals surface area contributed by atoms with Crippen LogP contribution in [0.3, 0.4) is 0 Å². The van der Waals surface area contributed by atoms with Gasteiger partial charge in [0.05, 0.1) is 5.60 Å². The Kier molecular flexibility index (Phi) is 6.07. The lowest BCUT2D eigenvalue weighted by molar-refractivity contribution is -0.00843. The summed E-state index contributed by atoms with van der Waals surface area (Å²) in [5.41, 5.74) is -0.431. The molecule has 1 rings (SSSR count). The number of allylic oxidation sites excluding steroid dienone is 1. The maximum Gasteiger partial charge on any atom is 0.0771 e. The van der Waals surface area contributed by atoms with Crippen molar-refractivity contribution in [2.45, 2.75) is 57.5 Å². The van der Waals surface area contributed by atoms with E-state index in [4.69, 9.17) is 0 Å². The van der Waals surface area contributed by atoms with Crippen molar-refractivity contribution in [3.63, 3.8) is 0 Å². The zero-order valence-electron chi connectivity index (χ0n) is 10.7. The first-order chi connectivity index (χ1) is 7.70. The molecule has 1 saturated carbocycles. The Morgan fingerprint density at radius 1 is 1.44 bits per heavy atom. The summed E-state index contributed by atoms with van der Waals surface area (Å²) in [6.45, 7) is 7.71. The zero-order valence-corrected chi connectivity index (χ0v) is 10.7. The molecule has 0 atom stereocenters. The second-order valence-electron chi connectivity index (χ2n) is 5.18. The molecule has 0 aromatic carbocycles. The molecule has 0 aromatic heterocycles. The average Bonchev–Trinajstić information content (AvgIpc) is 2.30. The summed E-state index contributed by atoms with van der Waals surface area (Å²) >= 11 is 0. The van der Waals surface area contributed by atoms with Crippen molar-refractivity contribution in [3.05, 3.63) is 12.7 Å². The fourth-order valence-electron chi connectivity index (χ4n) is 2.49. The molecule has 0 radical (unpaired) electrons. The lowest BCUT2D eigenvalue weighted by atomic mass is 9.78. The van der Waals surface area contributed by atoms with E-state index in [1.807, 2.05) is 6.08 Å². The molecule has 1 aliphatic carbocycles. The van der Waals surface area contributed by atoms with Gasteiger partial charge in [-0.15, -0.1) is 6.58 Å². The Hall–Kier alpha value is -0.340. The van der Waals surface area contributed by atoms with Gasteiger partial charge >= 0.3 is 0 Å². The van der Waals surface area contributed by atoms with Gasteiger partial charge in [-0.05, 0) is 51.0 Å². The highest BCUT2D eigenvalue weighted by Crippen LogP contribution is 2.33. The molecule has 0 saturated heterocycles. The van der Waals surface area contributed by atoms with Crippen molar-refractivity contribution in [2.24, 2.45) is 5.92 Å². The molecular weight excluding hydrogens is 198 g/mol. The maximum atomic E-state index is 10.4. The zero-order chi connectivity index (χ0) is 11.9. The molecule has 0 aliphatic heterocycles. The number of hydrogen-bond acceptors (Lipinski definition) is 2. The molecule has 1 fully saturated rings. The van der Waals surface area contributed by atoms with Crippen LogP contribution in [0.15, 0.2) is 12.7 Å². The second-order valence-corrected chi connectivity index (χ2v) is 5.18. The molecule has 2 N–H and O–H groups in total. The summed E-state index contributed by atoms with van der Waals surface area (Å²) in [6.07, 6.45) is 9.73. The smallest absolute Gasteiger partial charge is 0.0771 e. The van der Waals surface area contributed by atoms with Crippen LogP contribution in [0.1, 0.15) is 51.9 Å². The van der Waals surface area contributed by atoms with Gasteiger partial charge in [0, 0.05) is 6.54 Å². The Balaban J connectivity index is 2.13. The van der Waals surface area contributed by atoms with E-state index in [1.165, 1.54) is 19.3 Å². The SMILES string of the molecule is C=CCCCNCC1(O)CCC(CC)CC1. The van der Waals surface area contributed by atoms with E-state index in [0.29, 0.717) is 0 Å². The van der Waals surface area contributed by atoms with Crippen molar-refractivity contribution in [1.82, 2.24) is 5.32 Å². The van der Waals surface area contributed by atoms with Crippen LogP contribution in [0.25, 0.3) is 0 Å². The Labute approximate surface area is 100 Å². The van der Waals surface area contributed by atoms with Gasteiger partial charge < -0.3 is 10.4 Å². The Bertz CT molecular complexity index is 195. The predicted molar refractivity (Wildman–Crippen MR) is 69.5 cm³/mol. The van der Waals surface area contributed by atoms with Crippen molar-refractivity contribution < 1.29 is 5.11 Å². The van der Waals surface area contributed by atoms with Crippen LogP contribution in [0.5, 0.6) is 0 Å². The first kappa shape index (κ1) is 13.7. The topological polar surface area (TPSA) is 32.3 Å². The molecule has 1 aliphatic rings. The monoisotopic (exact) mass is 225 g/mol. The molecule has 16 heavy (non-hydrogen) atoms. The third-order valence-corrected chi connectivity index (χ3v) is 3.83. The highest BCUT2D eigenvalue weighted by atomic mass is 16.3. The predicted octanol–water partition coefficient (Wildman–Crippen LogP) is 2.87. The van der Waals surface area contributed by atoms with Gasteiger partial charge in [0.25, 0.3) is 0 Å². The molecule has 0 amide bonds. The number of unbranched alkanes of at least 4 members (excludes halogenated alkanes) is 1. The molecule has 0 aromatic rings. The summed E-state index contributed by atoms with van der Waals surface area (Å²) in [7, 11) is 0. The quantitative estimate of drug-likeness (QED) is 0.516. The highest BCUT2D eigenvalue weighted by molar-refractivity contribution is 4.87. The Morgan fingerprint density at radius 3 is 2.69 bits per heavy atom. The summed E-state index contributed by atoms with van der Waals surface area (Å²) in [6, 6.07) is 0. The van der Waals surface area contributed by atoms with E-state index in [1.54, 1.807) is 0 Å². The molecule has 2 heteroatoms. The van der Waals surface area contributed by atoms with Crippen LogP contribution < -0.4 is 5.32 Å². The molecule has 0 unspecified atom stereocenters. The fourth-order valence-corrected chi connectivity index (χ4v) is 2.49. The normalized spacial score (nSPS) is 30.2. The Morgan fingerprint density at radius 2 is 2.12 bits per heavy atom. The first-order valence-corrected chi connectivity index (χ1v) is 6.74. The fraction of sp³-hybridized carbons (Fsp3) is 0.857. The number of hydrogen-bond donors (Lipinski definition) is 2. The summed E-state index contributed by atoms with van der Waals surface area (Å²) in [4.78, 5) is 0. The standard InChI is InChI=1S/C14H27NO/c1-3-5-6-11-15-12-14(16)9-7-13(4-2)8-10-14/h3,13,15-16H,1,4-12H2,2H3. The van der Waals surface area contributed by atoms with E-state index < -0.39 is 5.60 Å². The summed E-state index contributed by atoms with van der Waals surface area (Å²) in [5, 5.41) is 13.7. The lowest BCUT2D eigenvalue weighted by Crippen LogP contribution is -2.43. The van der Waals surface area contributed by atoms with Crippen molar-refractivity contribution in [2.75, 3.05) is 13.1 Å². The summed E-state index contributed by atoms with van der Waals surface area (Å²) in [5.74, 6) is 0.848. The molecule has 0 spiro atoms. The van der Waals surface area contributed by atoms with Crippen LogP contribution >= 0.6 is 0 Å². The number of rotatable bonds is 7. The minimum absolute atomic E-state index is 0.431. The third kappa shape index (κ3) is 4.67. The van der Waals surface area contributed by atoms with E-state index in [-0.39, 0.29) is 0 Å². The van der Waals surface area contributed by atoms with Crippen molar-refractivity contribution in [3.8, 4) is 0 Å². The molecule has 94 valence electrons. The second kappa shape index (κ2) is 7.08. The van der Waals surface area contributed by atoms with Crippen molar-refractivity contribution >= 4 is 0 Å². The van der Waals surface area contributed by atoms with Crippen LogP contribution in [0.2, 0.25) is 0 Å². The highest BCUT2D eigenvalue weighted by Gasteiger charge is 2.31. The molecule has 0 heterocycles. The number of nitrogens with one attached hydrogen (secondary N) is 1. The minimum Gasteiger partial charge on any atom is -0.389 e. The lowest BCUT2D eigenvalue weighted by Gasteiger charge is -2.36. The first-order valence-electron chi connectivity index (χ1n) is 6.74. The van der Waals surface area contributed by atoms with Gasteiger partial charge in [-0.3, -0.25) is 0 Å². The minimum atomic E-state index is -0.431. The van der Waals surface area contributed by atoms with Gasteiger partial charge in [-0.1, -0.05) is 19.4 Å². The van der Waals surface area contributed by atoms with Crippen molar-refractivity contribution in [1.29, 1.82) is 0 Å². The van der Waals surface area contributed by atoms with Crippen LogP contribution in [0, 0.1) is 5.92 Å². The van der Waals surface area contributed by atoms with E-state index in [0.717, 1.165) is 44.7 Å². The van der Waals surface area contributed by atoms with E-state index in [2.05, 4.69) is 18.8 Å². The third-order valence-electron chi connectivity index (χ3n) is 3.83. The van der Waals surface area contributed by atoms with Gasteiger partial charge in [-0.25, -0.2) is 0 Å². The largest absolute Gasteiger partial charge is 0.389 e. The van der Waals surface area contributed by atoms with Crippen LogP contribution in [-0.2, 0) is 0 Å². The van der Waals surface area contributed by atoms with Gasteiger partial charge in [0.15, 0.2) is 0 Å². The average molecular weight is 225 g/mol. The van der Waals surface area contributed by atoms with E-state index >= 15 is 0 Å². The summed E-state index contributed by atoms with van der Waals surface area (Å²) < 4.78 is 0.